The van der Waals surface area contributed by atoms with Crippen molar-refractivity contribution in [2.45, 2.75) is 25.7 Å². The molecule has 0 aliphatic carbocycles. The van der Waals surface area contributed by atoms with Crippen molar-refractivity contribution in [2.24, 2.45) is 0 Å². The highest BCUT2D eigenvalue weighted by Gasteiger charge is 2.44. The van der Waals surface area contributed by atoms with E-state index in [1.54, 1.807) is 0 Å². The molecule has 0 saturated carbocycles. The molecule has 0 fully saturated rings. The first-order valence-electron chi connectivity index (χ1n) is 12.6. The highest BCUT2D eigenvalue weighted by Crippen LogP contribution is 2.56. The topological polar surface area (TPSA) is 89.8 Å². The van der Waals surface area contributed by atoms with E-state index in [9.17, 15) is 20.1 Å². The lowest BCUT2D eigenvalue weighted by atomic mass is 10.1. The van der Waals surface area contributed by atoms with E-state index in [-0.39, 0.29) is 5.56 Å². The Bertz CT molecular complexity index is 1180. The van der Waals surface area contributed by atoms with Crippen LogP contribution in [0.1, 0.15) is 36.0 Å². The fourth-order valence-corrected chi connectivity index (χ4v) is 9.16. The maximum absolute atomic E-state index is 12.3. The summed E-state index contributed by atoms with van der Waals surface area (Å²) in [7, 11) is -1.82. The van der Waals surface area contributed by atoms with E-state index in [0.29, 0.717) is 6.54 Å². The van der Waals surface area contributed by atoms with Crippen LogP contribution in [0.15, 0.2) is 103 Å². The zero-order valence-corrected chi connectivity index (χ0v) is 21.6. The Kier molecular flexibility index (Phi) is 8.81. The number of carbonyl (C=O) groups is 1. The van der Waals surface area contributed by atoms with Crippen LogP contribution in [0.3, 0.4) is 0 Å². The number of rotatable bonds is 11. The Morgan fingerprint density at radius 1 is 0.622 bits per heavy atom. The molecule has 0 spiro atoms. The van der Waals surface area contributed by atoms with Crippen molar-refractivity contribution in [3.05, 3.63) is 109 Å². The number of amides is 1. The van der Waals surface area contributed by atoms with E-state index in [4.69, 9.17) is 0 Å². The standard InChI is InChI=1S/C31H32NO4P/c33-28-22-24(23-29(34)30(28)35)31(36)32-20-12-1-2-13-21-37(25-14-6-3-7-15-25,26-16-8-4-9-17-26)27-18-10-5-11-19-27/h3-11,14-19,22-23H,1-2,12-13,20-21H2,(H3-,32,33,34,35,36)/p+1. The van der Waals surface area contributed by atoms with Crippen LogP contribution in [0, 0.1) is 0 Å². The van der Waals surface area contributed by atoms with Crippen molar-refractivity contribution in [3.8, 4) is 17.2 Å². The van der Waals surface area contributed by atoms with Crippen LogP contribution in [0.5, 0.6) is 17.2 Å². The molecule has 0 aliphatic heterocycles. The molecule has 190 valence electrons. The van der Waals surface area contributed by atoms with Crippen LogP contribution >= 0.6 is 7.26 Å². The quantitative estimate of drug-likeness (QED) is 0.128. The van der Waals surface area contributed by atoms with Crippen LogP contribution in [0.4, 0.5) is 0 Å². The first kappa shape index (κ1) is 26.2. The zero-order valence-electron chi connectivity index (χ0n) is 20.8. The van der Waals surface area contributed by atoms with Crippen molar-refractivity contribution < 1.29 is 20.1 Å². The van der Waals surface area contributed by atoms with Gasteiger partial charge in [-0.2, -0.15) is 0 Å². The van der Waals surface area contributed by atoms with E-state index < -0.39 is 30.4 Å². The van der Waals surface area contributed by atoms with Crippen molar-refractivity contribution in [1.82, 2.24) is 5.32 Å². The Labute approximate surface area is 218 Å². The zero-order chi connectivity index (χ0) is 26.1. The van der Waals surface area contributed by atoms with Gasteiger partial charge >= 0.3 is 0 Å². The van der Waals surface area contributed by atoms with E-state index in [0.717, 1.165) is 44.0 Å². The molecule has 5 nitrogen and oxygen atoms in total. The van der Waals surface area contributed by atoms with Gasteiger partial charge in [0.15, 0.2) is 17.2 Å². The summed E-state index contributed by atoms with van der Waals surface area (Å²) in [6, 6.07) is 34.9. The summed E-state index contributed by atoms with van der Waals surface area (Å²) in [5.74, 6) is -2.07. The lowest BCUT2D eigenvalue weighted by molar-refractivity contribution is 0.0952. The number of carbonyl (C=O) groups excluding carboxylic acids is 1. The third-order valence-electron chi connectivity index (χ3n) is 6.63. The van der Waals surface area contributed by atoms with E-state index in [1.807, 2.05) is 0 Å². The summed E-state index contributed by atoms with van der Waals surface area (Å²) in [6.45, 7) is 0.498. The van der Waals surface area contributed by atoms with Gasteiger partial charge in [0, 0.05) is 12.1 Å². The van der Waals surface area contributed by atoms with Crippen LogP contribution < -0.4 is 21.2 Å². The van der Waals surface area contributed by atoms with Gasteiger partial charge in [-0.05, 0) is 67.8 Å². The van der Waals surface area contributed by atoms with E-state index >= 15 is 0 Å². The molecular weight excluding hydrogens is 481 g/mol. The normalized spacial score (nSPS) is 11.2. The average Bonchev–Trinajstić information content (AvgIpc) is 2.94. The number of phenols is 3. The van der Waals surface area contributed by atoms with Crippen LogP contribution in [-0.4, -0.2) is 33.9 Å². The molecule has 0 heterocycles. The number of unbranched alkanes of at least 4 members (excludes halogenated alkanes) is 3. The lowest BCUT2D eigenvalue weighted by Gasteiger charge is -2.27. The molecule has 0 radical (unpaired) electrons. The van der Waals surface area contributed by atoms with Crippen molar-refractivity contribution >= 4 is 29.1 Å². The Morgan fingerprint density at radius 3 is 1.51 bits per heavy atom. The molecule has 4 aromatic carbocycles. The molecule has 0 saturated heterocycles. The Morgan fingerprint density at radius 2 is 1.05 bits per heavy atom. The van der Waals surface area contributed by atoms with Gasteiger partial charge in [-0.25, -0.2) is 0 Å². The maximum Gasteiger partial charge on any atom is 0.251 e. The SMILES string of the molecule is O=C(NCCCCCC[P+](c1ccccc1)(c1ccccc1)c1ccccc1)c1cc(O)c(O)c(O)c1. The number of phenolic OH excluding ortho intramolecular Hbond substituents is 3. The van der Waals surface area contributed by atoms with E-state index in [1.165, 1.54) is 15.9 Å². The summed E-state index contributed by atoms with van der Waals surface area (Å²) >= 11 is 0. The molecule has 0 atom stereocenters. The van der Waals surface area contributed by atoms with Gasteiger partial charge in [-0.3, -0.25) is 4.79 Å². The number of nitrogens with one attached hydrogen (secondary N) is 1. The first-order valence-corrected chi connectivity index (χ1v) is 14.6. The minimum atomic E-state index is -1.82. The third-order valence-corrected chi connectivity index (χ3v) is 11.2. The van der Waals surface area contributed by atoms with Crippen LogP contribution in [-0.2, 0) is 0 Å². The monoisotopic (exact) mass is 514 g/mol. The van der Waals surface area contributed by atoms with Gasteiger partial charge in [0.05, 0.1) is 6.16 Å². The largest absolute Gasteiger partial charge is 0.504 e. The molecule has 4 N–H and O–H groups in total. The molecule has 1 amide bonds. The van der Waals surface area contributed by atoms with Gasteiger partial charge in [0.1, 0.15) is 23.2 Å². The molecule has 0 aromatic heterocycles. The highest BCUT2D eigenvalue weighted by atomic mass is 31.2. The maximum atomic E-state index is 12.3. The Balaban J connectivity index is 1.39. The minimum absolute atomic E-state index is 0.107. The molecule has 4 rings (SSSR count). The third kappa shape index (κ3) is 6.12. The summed E-state index contributed by atoms with van der Waals surface area (Å²) in [4.78, 5) is 12.3. The number of aromatic hydroxyl groups is 3. The van der Waals surface area contributed by atoms with E-state index in [2.05, 4.69) is 96.3 Å². The van der Waals surface area contributed by atoms with Gasteiger partial charge in [0.2, 0.25) is 0 Å². The second kappa shape index (κ2) is 12.4. The summed E-state index contributed by atoms with van der Waals surface area (Å²) in [5.41, 5.74) is 0.107. The van der Waals surface area contributed by atoms with Gasteiger partial charge in [-0.15, -0.1) is 0 Å². The van der Waals surface area contributed by atoms with Gasteiger partial charge in [-0.1, -0.05) is 61.0 Å². The van der Waals surface area contributed by atoms with Gasteiger partial charge in [0.25, 0.3) is 5.91 Å². The summed E-state index contributed by atoms with van der Waals surface area (Å²) in [6.07, 6.45) is 4.99. The second-order valence-electron chi connectivity index (χ2n) is 9.07. The van der Waals surface area contributed by atoms with Crippen molar-refractivity contribution in [1.29, 1.82) is 0 Å². The van der Waals surface area contributed by atoms with Crippen LogP contribution in [0.25, 0.3) is 0 Å². The van der Waals surface area contributed by atoms with Gasteiger partial charge < -0.3 is 20.6 Å². The predicted molar refractivity (Wildman–Crippen MR) is 152 cm³/mol. The molecule has 37 heavy (non-hydrogen) atoms. The van der Waals surface area contributed by atoms with Crippen LogP contribution in [0.2, 0.25) is 0 Å². The molecule has 0 aliphatic rings. The fourth-order valence-electron chi connectivity index (χ4n) is 4.75. The summed E-state index contributed by atoms with van der Waals surface area (Å²) < 4.78 is 0. The first-order chi connectivity index (χ1) is 18.0. The number of hydrogen-bond donors (Lipinski definition) is 4. The second-order valence-corrected chi connectivity index (χ2v) is 12.7. The highest BCUT2D eigenvalue weighted by molar-refractivity contribution is 7.95. The molecule has 0 bridgehead atoms. The predicted octanol–water partition coefficient (Wildman–Crippen LogP) is 5.09. The Hall–Kier alpha value is -3.82. The molecule has 0 unspecified atom stereocenters. The molecule has 4 aromatic rings. The van der Waals surface area contributed by atoms with Crippen molar-refractivity contribution in [3.63, 3.8) is 0 Å². The fraction of sp³-hybridized carbons (Fsp3) is 0.194. The number of hydrogen-bond acceptors (Lipinski definition) is 4. The smallest absolute Gasteiger partial charge is 0.251 e. The average molecular weight is 515 g/mol. The van der Waals surface area contributed by atoms with Crippen molar-refractivity contribution in [2.75, 3.05) is 12.7 Å². The lowest BCUT2D eigenvalue weighted by Crippen LogP contribution is -2.33. The number of benzene rings is 4. The molecule has 6 heteroatoms. The minimum Gasteiger partial charge on any atom is -0.504 e. The molecular formula is C31H33NO4P+. The summed E-state index contributed by atoms with van der Waals surface area (Å²) in [5, 5.41) is 35.7.